The zero-order valence-corrected chi connectivity index (χ0v) is 20.7. The molecule has 31 heavy (non-hydrogen) atoms. The lowest BCUT2D eigenvalue weighted by Gasteiger charge is -2.32. The largest absolute Gasteiger partial charge is 0.299 e. The predicted octanol–water partition coefficient (Wildman–Crippen LogP) is 8.16. The molecule has 168 valence electrons. The smallest absolute Gasteiger partial charge is 0.0697 e. The van der Waals surface area contributed by atoms with Crippen LogP contribution in [0.1, 0.15) is 87.0 Å². The van der Waals surface area contributed by atoms with E-state index in [4.69, 9.17) is 23.2 Å². The van der Waals surface area contributed by atoms with E-state index < -0.39 is 0 Å². The Balaban J connectivity index is 1.57. The summed E-state index contributed by atoms with van der Waals surface area (Å²) in [5.41, 5.74) is 5.56. The van der Waals surface area contributed by atoms with Crippen molar-refractivity contribution >= 4 is 23.2 Å². The fourth-order valence-electron chi connectivity index (χ4n) is 5.71. The Morgan fingerprint density at radius 3 is 1.84 bits per heavy atom. The van der Waals surface area contributed by atoms with Crippen molar-refractivity contribution in [3.63, 3.8) is 0 Å². The summed E-state index contributed by atoms with van der Waals surface area (Å²) in [6.07, 6.45) is 11.4. The molecule has 0 aliphatic heterocycles. The average Bonchev–Trinajstić information content (AvgIpc) is 3.42. The van der Waals surface area contributed by atoms with Crippen molar-refractivity contribution in [1.29, 1.82) is 0 Å². The minimum atomic E-state index is -0.198. The molecule has 1 unspecified atom stereocenters. The molecule has 2 aliphatic carbocycles. The van der Waals surface area contributed by atoms with Gasteiger partial charge in [0.2, 0.25) is 0 Å². The van der Waals surface area contributed by atoms with Gasteiger partial charge in [0.15, 0.2) is 0 Å². The monoisotopic (exact) mass is 457 g/mol. The van der Waals surface area contributed by atoms with E-state index in [2.05, 4.69) is 67.4 Å². The van der Waals surface area contributed by atoms with Crippen LogP contribution in [0.15, 0.2) is 48.5 Å². The first kappa shape index (κ1) is 23.1. The van der Waals surface area contributed by atoms with Crippen molar-refractivity contribution in [2.75, 3.05) is 7.05 Å². The highest BCUT2D eigenvalue weighted by Crippen LogP contribution is 2.51. The lowest BCUT2D eigenvalue weighted by Crippen LogP contribution is -2.30. The van der Waals surface area contributed by atoms with E-state index in [9.17, 15) is 0 Å². The topological polar surface area (TPSA) is 3.24 Å². The van der Waals surface area contributed by atoms with Gasteiger partial charge in [-0.25, -0.2) is 0 Å². The lowest BCUT2D eigenvalue weighted by molar-refractivity contribution is 0.238. The number of rotatable bonds is 8. The van der Waals surface area contributed by atoms with Crippen LogP contribution in [0.3, 0.4) is 0 Å². The zero-order valence-electron chi connectivity index (χ0n) is 19.2. The van der Waals surface area contributed by atoms with Crippen LogP contribution in [0.2, 0.25) is 0 Å². The van der Waals surface area contributed by atoms with E-state index in [0.717, 1.165) is 45.1 Å². The molecule has 0 heterocycles. The van der Waals surface area contributed by atoms with Crippen LogP contribution in [0.4, 0.5) is 0 Å². The second-order valence-corrected chi connectivity index (χ2v) is 11.4. The summed E-state index contributed by atoms with van der Waals surface area (Å²) in [7, 11) is 2.24. The van der Waals surface area contributed by atoms with Gasteiger partial charge in [0.1, 0.15) is 0 Å². The summed E-state index contributed by atoms with van der Waals surface area (Å²) >= 11 is 14.5. The Labute approximate surface area is 199 Å². The fourth-order valence-corrected chi connectivity index (χ4v) is 6.59. The molecule has 0 N–H and O–H groups in total. The summed E-state index contributed by atoms with van der Waals surface area (Å²) in [5, 5.41) is 0. The lowest BCUT2D eigenvalue weighted by atomic mass is 9.82. The van der Waals surface area contributed by atoms with Gasteiger partial charge in [0, 0.05) is 12.6 Å². The van der Waals surface area contributed by atoms with Crippen molar-refractivity contribution in [1.82, 2.24) is 4.90 Å². The van der Waals surface area contributed by atoms with Crippen LogP contribution < -0.4 is 0 Å². The molecule has 2 saturated carbocycles. The maximum absolute atomic E-state index is 7.26. The van der Waals surface area contributed by atoms with E-state index in [0.29, 0.717) is 6.04 Å². The first-order valence-corrected chi connectivity index (χ1v) is 12.9. The van der Waals surface area contributed by atoms with Crippen molar-refractivity contribution in [2.24, 2.45) is 0 Å². The van der Waals surface area contributed by atoms with Crippen molar-refractivity contribution in [2.45, 2.75) is 93.5 Å². The van der Waals surface area contributed by atoms with E-state index in [1.54, 1.807) is 0 Å². The maximum Gasteiger partial charge on any atom is 0.0697 e. The summed E-state index contributed by atoms with van der Waals surface area (Å²) in [5.74, 6) is 0. The number of nitrogens with zero attached hydrogens (tertiary/aromatic N) is 1. The Morgan fingerprint density at radius 2 is 1.32 bits per heavy atom. The standard InChI is InChI=1S/C28H37Cl2N/c1-22(31(2)21-23-11-4-3-5-12-23)15-16-24-25(27(29)17-6-7-18-27)13-10-14-26(24)28(30)19-8-9-20-28/h3-5,10-14,22H,6-9,15-21H2,1-2H3. The van der Waals surface area contributed by atoms with Crippen LogP contribution in [0, 0.1) is 0 Å². The van der Waals surface area contributed by atoms with Crippen molar-refractivity contribution in [3.05, 3.63) is 70.8 Å². The van der Waals surface area contributed by atoms with E-state index in [1.807, 2.05) is 0 Å². The molecule has 2 fully saturated rings. The summed E-state index contributed by atoms with van der Waals surface area (Å²) in [6.45, 7) is 3.33. The van der Waals surface area contributed by atoms with Crippen molar-refractivity contribution in [3.8, 4) is 0 Å². The molecule has 0 aromatic heterocycles. The molecule has 3 heteroatoms. The van der Waals surface area contributed by atoms with Crippen molar-refractivity contribution < 1.29 is 0 Å². The van der Waals surface area contributed by atoms with Gasteiger partial charge in [-0.1, -0.05) is 74.2 Å². The first-order chi connectivity index (χ1) is 14.9. The third kappa shape index (κ3) is 5.15. The first-order valence-electron chi connectivity index (χ1n) is 12.2. The Hall–Kier alpha value is -1.02. The van der Waals surface area contributed by atoms with Gasteiger partial charge in [0.05, 0.1) is 9.75 Å². The second-order valence-electron chi connectivity index (χ2n) is 9.96. The number of hydrogen-bond donors (Lipinski definition) is 0. The van der Waals surface area contributed by atoms with Gasteiger partial charge in [0.25, 0.3) is 0 Å². The molecule has 0 saturated heterocycles. The van der Waals surface area contributed by atoms with Crippen LogP contribution in [0.5, 0.6) is 0 Å². The van der Waals surface area contributed by atoms with Gasteiger partial charge in [-0.2, -0.15) is 0 Å². The van der Waals surface area contributed by atoms with E-state index in [-0.39, 0.29) is 9.75 Å². The zero-order chi connectivity index (χ0) is 21.9. The number of halogens is 2. The molecular formula is C28H37Cl2N. The molecule has 2 aromatic carbocycles. The second kappa shape index (κ2) is 9.86. The molecule has 2 aliphatic rings. The summed E-state index contributed by atoms with van der Waals surface area (Å²) in [6, 6.07) is 18.1. The van der Waals surface area contributed by atoms with Crippen LogP contribution in [-0.2, 0) is 22.7 Å². The van der Waals surface area contributed by atoms with E-state index >= 15 is 0 Å². The molecule has 2 aromatic rings. The summed E-state index contributed by atoms with van der Waals surface area (Å²) in [4.78, 5) is 2.07. The number of hydrogen-bond acceptors (Lipinski definition) is 1. The Kier molecular flexibility index (Phi) is 7.36. The third-order valence-corrected chi connectivity index (χ3v) is 8.94. The molecule has 0 bridgehead atoms. The van der Waals surface area contributed by atoms with Gasteiger partial charge in [-0.15, -0.1) is 23.2 Å². The predicted molar refractivity (Wildman–Crippen MR) is 134 cm³/mol. The molecular weight excluding hydrogens is 421 g/mol. The van der Waals surface area contributed by atoms with E-state index in [1.165, 1.54) is 47.9 Å². The minimum Gasteiger partial charge on any atom is -0.299 e. The highest BCUT2D eigenvalue weighted by Gasteiger charge is 2.40. The normalized spacial score (nSPS) is 20.9. The number of benzene rings is 2. The Morgan fingerprint density at radius 1 is 0.806 bits per heavy atom. The van der Waals surface area contributed by atoms with Crippen LogP contribution >= 0.6 is 23.2 Å². The van der Waals surface area contributed by atoms with Gasteiger partial charge < -0.3 is 0 Å². The molecule has 1 nitrogen and oxygen atoms in total. The highest BCUT2D eigenvalue weighted by molar-refractivity contribution is 6.25. The molecule has 0 amide bonds. The fraction of sp³-hybridized carbons (Fsp3) is 0.571. The van der Waals surface area contributed by atoms with Gasteiger partial charge in [-0.3, -0.25) is 4.90 Å². The van der Waals surface area contributed by atoms with Gasteiger partial charge in [-0.05, 0) is 74.8 Å². The van der Waals surface area contributed by atoms with Crippen LogP contribution in [0.25, 0.3) is 0 Å². The molecule has 0 spiro atoms. The third-order valence-electron chi connectivity index (χ3n) is 7.77. The quantitative estimate of drug-likeness (QED) is 0.361. The SMILES string of the molecule is CC(CCc1c(C2(Cl)CCCC2)cccc1C1(Cl)CCCC1)N(C)Cc1ccccc1. The van der Waals surface area contributed by atoms with Gasteiger partial charge >= 0.3 is 0 Å². The summed E-state index contributed by atoms with van der Waals surface area (Å²) < 4.78 is 0. The molecule has 1 atom stereocenters. The highest BCUT2D eigenvalue weighted by atomic mass is 35.5. The molecule has 0 radical (unpaired) electrons. The number of alkyl halides is 2. The average molecular weight is 459 g/mol. The maximum atomic E-state index is 7.26. The van der Waals surface area contributed by atoms with Crippen LogP contribution in [-0.4, -0.2) is 18.0 Å². The minimum absolute atomic E-state index is 0.198. The molecule has 4 rings (SSSR count). The Bertz CT molecular complexity index is 810.